The van der Waals surface area contributed by atoms with Gasteiger partial charge in [0.25, 0.3) is 0 Å². The second-order valence-electron chi connectivity index (χ2n) is 6.49. The fourth-order valence-electron chi connectivity index (χ4n) is 3.19. The summed E-state index contributed by atoms with van der Waals surface area (Å²) in [5.41, 5.74) is 8.46. The molecule has 6 heteroatoms. The molecule has 0 radical (unpaired) electrons. The molecule has 1 aromatic rings. The largest absolute Gasteiger partial charge is 0.396 e. The molecule has 2 fully saturated rings. The van der Waals surface area contributed by atoms with Crippen molar-refractivity contribution in [2.45, 2.75) is 45.4 Å². The number of aromatic nitrogens is 2. The van der Waals surface area contributed by atoms with Crippen LogP contribution in [0.2, 0.25) is 0 Å². The Morgan fingerprint density at radius 2 is 1.86 bits per heavy atom. The van der Waals surface area contributed by atoms with E-state index in [1.54, 1.807) is 0 Å². The van der Waals surface area contributed by atoms with E-state index in [1.807, 2.05) is 18.5 Å². The molecule has 1 aliphatic heterocycles. The first-order chi connectivity index (χ1) is 10.0. The van der Waals surface area contributed by atoms with Crippen LogP contribution < -0.4 is 5.73 Å². The summed E-state index contributed by atoms with van der Waals surface area (Å²) in [6.07, 6.45) is 2.36. The van der Waals surface area contributed by atoms with Crippen molar-refractivity contribution < 1.29 is 5.11 Å². The number of hydrogen-bond acceptors (Lipinski definition) is 5. The van der Waals surface area contributed by atoms with Gasteiger partial charge in [0, 0.05) is 38.8 Å². The van der Waals surface area contributed by atoms with Crippen LogP contribution in [0.1, 0.15) is 24.2 Å². The highest BCUT2D eigenvalue weighted by atomic mass is 16.3. The van der Waals surface area contributed by atoms with Gasteiger partial charge in [0.15, 0.2) is 0 Å². The quantitative estimate of drug-likeness (QED) is 0.813. The summed E-state index contributed by atoms with van der Waals surface area (Å²) in [6.45, 7) is 9.51. The normalized spacial score (nSPS) is 22.6. The van der Waals surface area contributed by atoms with Gasteiger partial charge in [-0.1, -0.05) is 0 Å². The maximum atomic E-state index is 10.3. The smallest absolute Gasteiger partial charge is 0.0862 e. The van der Waals surface area contributed by atoms with Crippen LogP contribution in [-0.4, -0.2) is 69.6 Å². The number of anilines is 1. The maximum absolute atomic E-state index is 10.3. The number of rotatable bonds is 5. The summed E-state index contributed by atoms with van der Waals surface area (Å²) in [4.78, 5) is 4.95. The molecule has 2 heterocycles. The molecule has 3 N–H and O–H groups in total. The number of β-amino-alcohol motifs (C(OH)–C–C–N with tert-alkyl or cyclic N) is 1. The number of aliphatic hydroxyl groups excluding tert-OH is 1. The van der Waals surface area contributed by atoms with Crippen molar-refractivity contribution in [3.05, 3.63) is 11.4 Å². The van der Waals surface area contributed by atoms with E-state index in [1.165, 1.54) is 12.8 Å². The maximum Gasteiger partial charge on any atom is 0.0862 e. The molecule has 0 bridgehead atoms. The van der Waals surface area contributed by atoms with Crippen molar-refractivity contribution in [2.75, 3.05) is 38.5 Å². The van der Waals surface area contributed by atoms with Gasteiger partial charge in [-0.25, -0.2) is 0 Å². The van der Waals surface area contributed by atoms with Crippen molar-refractivity contribution in [2.24, 2.45) is 0 Å². The van der Waals surface area contributed by atoms with E-state index in [2.05, 4.69) is 14.9 Å². The van der Waals surface area contributed by atoms with Crippen LogP contribution >= 0.6 is 0 Å². The van der Waals surface area contributed by atoms with Gasteiger partial charge < -0.3 is 10.8 Å². The second kappa shape index (κ2) is 5.94. The lowest BCUT2D eigenvalue weighted by atomic mass is 10.2. The number of nitrogens with two attached hydrogens (primary N) is 1. The predicted octanol–water partition coefficient (Wildman–Crippen LogP) is 0.223. The van der Waals surface area contributed by atoms with Gasteiger partial charge in [-0.15, -0.1) is 0 Å². The van der Waals surface area contributed by atoms with Crippen LogP contribution in [0.3, 0.4) is 0 Å². The molecule has 1 saturated heterocycles. The van der Waals surface area contributed by atoms with Gasteiger partial charge in [0.1, 0.15) is 0 Å². The minimum atomic E-state index is -0.394. The Morgan fingerprint density at radius 3 is 2.38 bits per heavy atom. The fraction of sp³-hybridized carbons (Fsp3) is 0.800. The minimum absolute atomic E-state index is 0.394. The van der Waals surface area contributed by atoms with E-state index in [0.29, 0.717) is 6.54 Å². The third-order valence-corrected chi connectivity index (χ3v) is 4.76. The standard InChI is InChI=1S/C15H27N5O/c1-11-15(16)12(2)20(17-11)10-14(21)9-18-5-7-19(8-6-18)13-3-4-13/h13-14,21H,3-10,16H2,1-2H3. The van der Waals surface area contributed by atoms with Crippen LogP contribution in [0.4, 0.5) is 5.69 Å². The van der Waals surface area contributed by atoms with E-state index in [-0.39, 0.29) is 0 Å². The van der Waals surface area contributed by atoms with Crippen molar-refractivity contribution in [3.63, 3.8) is 0 Å². The van der Waals surface area contributed by atoms with Crippen LogP contribution in [0.5, 0.6) is 0 Å². The average molecular weight is 293 g/mol. The molecule has 118 valence electrons. The topological polar surface area (TPSA) is 70.5 Å². The van der Waals surface area contributed by atoms with Crippen LogP contribution in [0.25, 0.3) is 0 Å². The third kappa shape index (κ3) is 3.39. The predicted molar refractivity (Wildman–Crippen MR) is 83.2 cm³/mol. The fourth-order valence-corrected chi connectivity index (χ4v) is 3.19. The number of hydrogen-bond donors (Lipinski definition) is 2. The molecule has 0 aromatic carbocycles. The highest BCUT2D eigenvalue weighted by molar-refractivity contribution is 5.46. The van der Waals surface area contributed by atoms with Gasteiger partial charge >= 0.3 is 0 Å². The zero-order valence-corrected chi connectivity index (χ0v) is 13.1. The van der Waals surface area contributed by atoms with Gasteiger partial charge in [-0.2, -0.15) is 5.10 Å². The zero-order valence-electron chi connectivity index (χ0n) is 13.1. The van der Waals surface area contributed by atoms with Crippen LogP contribution in [-0.2, 0) is 6.54 Å². The average Bonchev–Trinajstić information content (AvgIpc) is 3.27. The highest BCUT2D eigenvalue weighted by Gasteiger charge is 2.31. The van der Waals surface area contributed by atoms with Crippen molar-refractivity contribution in [3.8, 4) is 0 Å². The lowest BCUT2D eigenvalue weighted by Gasteiger charge is -2.35. The Balaban J connectivity index is 1.47. The first-order valence-corrected chi connectivity index (χ1v) is 7.98. The summed E-state index contributed by atoms with van der Waals surface area (Å²) in [7, 11) is 0. The van der Waals surface area contributed by atoms with Crippen LogP contribution in [0.15, 0.2) is 0 Å². The lowest BCUT2D eigenvalue weighted by Crippen LogP contribution is -2.49. The first kappa shape index (κ1) is 14.8. The Bertz CT molecular complexity index is 488. The summed E-state index contributed by atoms with van der Waals surface area (Å²) in [5.74, 6) is 0. The number of nitrogen functional groups attached to an aromatic ring is 1. The van der Waals surface area contributed by atoms with E-state index in [0.717, 1.165) is 55.8 Å². The summed E-state index contributed by atoms with van der Waals surface area (Å²) >= 11 is 0. The Morgan fingerprint density at radius 1 is 1.19 bits per heavy atom. The SMILES string of the molecule is Cc1nn(CC(O)CN2CCN(C3CC3)CC2)c(C)c1N. The number of nitrogens with zero attached hydrogens (tertiary/aromatic N) is 4. The van der Waals surface area contributed by atoms with E-state index < -0.39 is 6.10 Å². The van der Waals surface area contributed by atoms with E-state index in [4.69, 9.17) is 5.73 Å². The third-order valence-electron chi connectivity index (χ3n) is 4.76. The Kier molecular flexibility index (Phi) is 4.19. The molecular weight excluding hydrogens is 266 g/mol. The molecule has 1 unspecified atom stereocenters. The molecule has 3 rings (SSSR count). The highest BCUT2D eigenvalue weighted by Crippen LogP contribution is 2.27. The molecule has 1 aromatic heterocycles. The van der Waals surface area contributed by atoms with E-state index in [9.17, 15) is 5.11 Å². The molecule has 0 amide bonds. The molecule has 0 spiro atoms. The molecule has 2 aliphatic rings. The second-order valence-corrected chi connectivity index (χ2v) is 6.49. The van der Waals surface area contributed by atoms with Crippen molar-refractivity contribution in [1.82, 2.24) is 19.6 Å². The van der Waals surface area contributed by atoms with Gasteiger partial charge in [0.2, 0.25) is 0 Å². The van der Waals surface area contributed by atoms with Gasteiger partial charge in [-0.05, 0) is 26.7 Å². The Labute approximate surface area is 126 Å². The van der Waals surface area contributed by atoms with Crippen molar-refractivity contribution >= 4 is 5.69 Å². The minimum Gasteiger partial charge on any atom is -0.396 e. The summed E-state index contributed by atoms with van der Waals surface area (Å²) < 4.78 is 1.83. The number of aliphatic hydroxyl groups is 1. The van der Waals surface area contributed by atoms with Crippen molar-refractivity contribution in [1.29, 1.82) is 0 Å². The molecular formula is C15H27N5O. The molecule has 21 heavy (non-hydrogen) atoms. The number of aryl methyl sites for hydroxylation is 1. The summed E-state index contributed by atoms with van der Waals surface area (Å²) in [6, 6.07) is 0.856. The Hall–Kier alpha value is -1.11. The van der Waals surface area contributed by atoms with Gasteiger partial charge in [-0.3, -0.25) is 14.5 Å². The molecule has 1 atom stereocenters. The number of piperazine rings is 1. The molecule has 1 saturated carbocycles. The molecule has 1 aliphatic carbocycles. The van der Waals surface area contributed by atoms with E-state index >= 15 is 0 Å². The summed E-state index contributed by atoms with van der Waals surface area (Å²) in [5, 5.41) is 14.7. The lowest BCUT2D eigenvalue weighted by molar-refractivity contribution is 0.0601. The first-order valence-electron chi connectivity index (χ1n) is 7.98. The monoisotopic (exact) mass is 293 g/mol. The molecule has 6 nitrogen and oxygen atoms in total. The zero-order chi connectivity index (χ0) is 15.0. The van der Waals surface area contributed by atoms with Crippen LogP contribution in [0, 0.1) is 13.8 Å². The van der Waals surface area contributed by atoms with Gasteiger partial charge in [0.05, 0.1) is 29.7 Å².